The van der Waals surface area contributed by atoms with Gasteiger partial charge in [0.15, 0.2) is 11.5 Å². The van der Waals surface area contributed by atoms with Crippen LogP contribution in [0.25, 0.3) is 0 Å². The van der Waals surface area contributed by atoms with Gasteiger partial charge in [0.1, 0.15) is 0 Å². The third-order valence-electron chi connectivity index (χ3n) is 5.72. The molecule has 0 radical (unpaired) electrons. The Balaban J connectivity index is 1.26. The van der Waals surface area contributed by atoms with Gasteiger partial charge in [-0.15, -0.1) is 0 Å². The topological polar surface area (TPSA) is 75.5 Å². The number of fused-ring (bicyclic) bond motifs is 1. The zero-order chi connectivity index (χ0) is 20.2. The summed E-state index contributed by atoms with van der Waals surface area (Å²) >= 11 is 0. The molecule has 7 nitrogen and oxygen atoms in total. The molecule has 1 fully saturated rings. The maximum Gasteiger partial charge on any atom is 0.274 e. The van der Waals surface area contributed by atoms with E-state index in [1.807, 2.05) is 28.9 Å². The van der Waals surface area contributed by atoms with Crippen LogP contribution in [-0.4, -0.2) is 63.4 Å². The van der Waals surface area contributed by atoms with E-state index in [2.05, 4.69) is 5.10 Å². The molecular formula is C22H26N4O3. The van der Waals surface area contributed by atoms with Gasteiger partial charge in [-0.1, -0.05) is 30.3 Å². The largest absolute Gasteiger partial charge is 0.339 e. The van der Waals surface area contributed by atoms with Crippen molar-refractivity contribution in [1.29, 1.82) is 0 Å². The SMILES string of the molecule is O=C(CCC(=O)N1CCN(C(=O)c2cc3n(n2)CCCC3)CC1)c1ccccc1. The quantitative estimate of drug-likeness (QED) is 0.729. The number of carbonyl (C=O) groups excluding carboxylic acids is 3. The Kier molecular flexibility index (Phi) is 5.74. The molecule has 0 N–H and O–H groups in total. The van der Waals surface area contributed by atoms with E-state index in [-0.39, 0.29) is 30.4 Å². The zero-order valence-corrected chi connectivity index (χ0v) is 16.5. The first-order valence-electron chi connectivity index (χ1n) is 10.3. The number of aromatic nitrogens is 2. The van der Waals surface area contributed by atoms with Gasteiger partial charge < -0.3 is 9.80 Å². The molecule has 0 spiro atoms. The van der Waals surface area contributed by atoms with Crippen molar-refractivity contribution in [3.05, 3.63) is 53.3 Å². The number of amides is 2. The lowest BCUT2D eigenvalue weighted by atomic mass is 10.1. The van der Waals surface area contributed by atoms with Gasteiger partial charge in [-0.3, -0.25) is 19.1 Å². The van der Waals surface area contributed by atoms with Crippen molar-refractivity contribution in [2.24, 2.45) is 0 Å². The summed E-state index contributed by atoms with van der Waals surface area (Å²) in [4.78, 5) is 40.9. The summed E-state index contributed by atoms with van der Waals surface area (Å²) in [5.41, 5.74) is 2.28. The number of ketones is 1. The van der Waals surface area contributed by atoms with Gasteiger partial charge in [0.2, 0.25) is 5.91 Å². The average Bonchev–Trinajstić information content (AvgIpc) is 3.22. The van der Waals surface area contributed by atoms with E-state index < -0.39 is 0 Å². The predicted octanol–water partition coefficient (Wildman–Crippen LogP) is 2.17. The summed E-state index contributed by atoms with van der Waals surface area (Å²) < 4.78 is 1.94. The minimum absolute atomic E-state index is 0.0171. The van der Waals surface area contributed by atoms with Crippen molar-refractivity contribution in [3.63, 3.8) is 0 Å². The Labute approximate surface area is 170 Å². The van der Waals surface area contributed by atoms with E-state index in [1.165, 1.54) is 0 Å². The van der Waals surface area contributed by atoms with E-state index >= 15 is 0 Å². The number of Topliss-reactive ketones (excluding diaryl/α,β-unsaturated/α-hetero) is 1. The second-order valence-corrected chi connectivity index (χ2v) is 7.66. The highest BCUT2D eigenvalue weighted by molar-refractivity contribution is 5.98. The van der Waals surface area contributed by atoms with Crippen LogP contribution in [0, 0.1) is 0 Å². The van der Waals surface area contributed by atoms with E-state index in [4.69, 9.17) is 0 Å². The number of hydrogen-bond acceptors (Lipinski definition) is 4. The zero-order valence-electron chi connectivity index (χ0n) is 16.5. The lowest BCUT2D eigenvalue weighted by Crippen LogP contribution is -2.50. The van der Waals surface area contributed by atoms with Crippen molar-refractivity contribution in [1.82, 2.24) is 19.6 Å². The highest BCUT2D eigenvalue weighted by Gasteiger charge is 2.27. The molecule has 0 saturated carbocycles. The summed E-state index contributed by atoms with van der Waals surface area (Å²) in [7, 11) is 0. The van der Waals surface area contributed by atoms with Crippen LogP contribution >= 0.6 is 0 Å². The fourth-order valence-corrected chi connectivity index (χ4v) is 3.99. The van der Waals surface area contributed by atoms with Crippen LogP contribution in [0.3, 0.4) is 0 Å². The maximum atomic E-state index is 12.8. The fraction of sp³-hybridized carbons (Fsp3) is 0.455. The highest BCUT2D eigenvalue weighted by Crippen LogP contribution is 2.17. The average molecular weight is 394 g/mol. The molecule has 3 heterocycles. The van der Waals surface area contributed by atoms with Crippen LogP contribution in [0.15, 0.2) is 36.4 Å². The number of nitrogens with zero attached hydrogens (tertiary/aromatic N) is 4. The number of carbonyl (C=O) groups is 3. The van der Waals surface area contributed by atoms with Gasteiger partial charge in [-0.05, 0) is 25.3 Å². The molecule has 0 aliphatic carbocycles. The monoisotopic (exact) mass is 394 g/mol. The van der Waals surface area contributed by atoms with Gasteiger partial charge in [0.05, 0.1) is 0 Å². The molecule has 1 aromatic heterocycles. The number of rotatable bonds is 5. The fourth-order valence-electron chi connectivity index (χ4n) is 3.99. The minimum atomic E-state index is -0.0572. The second-order valence-electron chi connectivity index (χ2n) is 7.66. The summed E-state index contributed by atoms with van der Waals surface area (Å²) in [5, 5.41) is 4.47. The van der Waals surface area contributed by atoms with E-state index in [0.29, 0.717) is 37.4 Å². The molecule has 152 valence electrons. The number of aryl methyl sites for hydroxylation is 2. The van der Waals surface area contributed by atoms with Gasteiger partial charge in [0.25, 0.3) is 5.91 Å². The Bertz CT molecular complexity index is 875. The van der Waals surface area contributed by atoms with Crippen LogP contribution < -0.4 is 0 Å². The molecule has 2 aliphatic heterocycles. The Morgan fingerprint density at radius 2 is 1.59 bits per heavy atom. The molecule has 1 saturated heterocycles. The molecule has 0 bridgehead atoms. The molecule has 2 aromatic rings. The molecule has 7 heteroatoms. The molecule has 0 unspecified atom stereocenters. The first-order chi connectivity index (χ1) is 14.1. The van der Waals surface area contributed by atoms with Crippen molar-refractivity contribution in [2.45, 2.75) is 38.6 Å². The van der Waals surface area contributed by atoms with E-state index in [9.17, 15) is 14.4 Å². The lowest BCUT2D eigenvalue weighted by Gasteiger charge is -2.34. The van der Waals surface area contributed by atoms with Crippen molar-refractivity contribution in [3.8, 4) is 0 Å². The molecule has 4 rings (SSSR count). The highest BCUT2D eigenvalue weighted by atomic mass is 16.2. The van der Waals surface area contributed by atoms with Crippen molar-refractivity contribution >= 4 is 17.6 Å². The van der Waals surface area contributed by atoms with Crippen LogP contribution in [0.2, 0.25) is 0 Å². The number of piperazine rings is 1. The van der Waals surface area contributed by atoms with Crippen LogP contribution in [0.4, 0.5) is 0 Å². The number of benzene rings is 1. The standard InChI is InChI=1S/C22H26N4O3/c27-20(17-6-2-1-3-7-17)9-10-21(28)24-12-14-25(15-13-24)22(29)19-16-18-8-4-5-11-26(18)23-19/h1-3,6-7,16H,4-5,8-15H2. The summed E-state index contributed by atoms with van der Waals surface area (Å²) in [6, 6.07) is 11.0. The van der Waals surface area contributed by atoms with Crippen molar-refractivity contribution in [2.75, 3.05) is 26.2 Å². The molecular weight excluding hydrogens is 368 g/mol. The Morgan fingerprint density at radius 3 is 2.31 bits per heavy atom. The molecule has 2 amide bonds. The molecule has 2 aliphatic rings. The molecule has 0 atom stereocenters. The predicted molar refractivity (Wildman–Crippen MR) is 108 cm³/mol. The first kappa shape index (κ1) is 19.4. The van der Waals surface area contributed by atoms with E-state index in [1.54, 1.807) is 21.9 Å². The normalized spacial score (nSPS) is 16.4. The third-order valence-corrected chi connectivity index (χ3v) is 5.72. The van der Waals surface area contributed by atoms with Gasteiger partial charge >= 0.3 is 0 Å². The summed E-state index contributed by atoms with van der Waals surface area (Å²) in [6.45, 7) is 2.88. The third kappa shape index (κ3) is 4.39. The summed E-state index contributed by atoms with van der Waals surface area (Å²) in [6.07, 6.45) is 3.64. The van der Waals surface area contributed by atoms with Crippen LogP contribution in [0.5, 0.6) is 0 Å². The smallest absolute Gasteiger partial charge is 0.274 e. The second kappa shape index (κ2) is 8.59. The van der Waals surface area contributed by atoms with Crippen LogP contribution in [-0.2, 0) is 17.8 Å². The lowest BCUT2D eigenvalue weighted by molar-refractivity contribution is -0.132. The molecule has 29 heavy (non-hydrogen) atoms. The van der Waals surface area contributed by atoms with Crippen LogP contribution in [0.1, 0.15) is 52.2 Å². The van der Waals surface area contributed by atoms with Gasteiger partial charge in [-0.25, -0.2) is 0 Å². The van der Waals surface area contributed by atoms with Gasteiger partial charge in [0, 0.05) is 56.8 Å². The Hall–Kier alpha value is -2.96. The Morgan fingerprint density at radius 1 is 0.862 bits per heavy atom. The maximum absolute atomic E-state index is 12.8. The summed E-state index contributed by atoms with van der Waals surface area (Å²) in [5.74, 6) is -0.103. The van der Waals surface area contributed by atoms with Gasteiger partial charge in [-0.2, -0.15) is 5.10 Å². The molecule has 1 aromatic carbocycles. The minimum Gasteiger partial charge on any atom is -0.339 e. The number of hydrogen-bond donors (Lipinski definition) is 0. The first-order valence-corrected chi connectivity index (χ1v) is 10.3. The van der Waals surface area contributed by atoms with E-state index in [0.717, 1.165) is 31.5 Å². The van der Waals surface area contributed by atoms with Crippen molar-refractivity contribution < 1.29 is 14.4 Å².